The van der Waals surface area contributed by atoms with Crippen molar-refractivity contribution in [1.82, 2.24) is 0 Å². The van der Waals surface area contributed by atoms with E-state index in [1.807, 2.05) is 0 Å². The maximum absolute atomic E-state index is 2.41. The smallest absolute Gasteiger partial charge is 0.00577 e. The minimum Gasteiger partial charge on any atom is -0.0627 e. The van der Waals surface area contributed by atoms with Gasteiger partial charge in [0, 0.05) is 5.92 Å². The summed E-state index contributed by atoms with van der Waals surface area (Å²) in [5.74, 6) is 0.729. The molecule has 0 bridgehead atoms. The molecule has 0 N–H and O–H groups in total. The fourth-order valence-corrected chi connectivity index (χ4v) is 3.36. The second kappa shape index (κ2) is 2.98. The Kier molecular flexibility index (Phi) is 1.59. The number of rotatable bonds is 0. The molecule has 0 heteroatoms. The summed E-state index contributed by atoms with van der Waals surface area (Å²) in [5.41, 5.74) is 7.55. The molecule has 1 fully saturated rings. The Morgan fingerprint density at radius 1 is 1.06 bits per heavy atom. The first kappa shape index (κ1) is 8.58. The molecule has 0 radical (unpaired) electrons. The summed E-state index contributed by atoms with van der Waals surface area (Å²) in [4.78, 5) is 0. The zero-order valence-corrected chi connectivity index (χ0v) is 9.24. The Labute approximate surface area is 96.0 Å². The van der Waals surface area contributed by atoms with E-state index >= 15 is 0 Å². The van der Waals surface area contributed by atoms with E-state index in [1.54, 1.807) is 11.1 Å². The molecule has 16 heavy (non-hydrogen) atoms. The van der Waals surface area contributed by atoms with Crippen molar-refractivity contribution in [1.29, 1.82) is 0 Å². The first-order chi connectivity index (χ1) is 7.93. The molecule has 1 saturated carbocycles. The third-order valence-electron chi connectivity index (χ3n) is 4.12. The number of hydrogen-bond acceptors (Lipinski definition) is 0. The van der Waals surface area contributed by atoms with Crippen LogP contribution < -0.4 is 0 Å². The average molecular weight is 206 g/mol. The van der Waals surface area contributed by atoms with Crippen molar-refractivity contribution in [3.05, 3.63) is 58.7 Å². The van der Waals surface area contributed by atoms with Crippen LogP contribution in [-0.4, -0.2) is 0 Å². The van der Waals surface area contributed by atoms with Gasteiger partial charge in [-0.3, -0.25) is 0 Å². The van der Waals surface area contributed by atoms with E-state index < -0.39 is 0 Å². The molecule has 3 aliphatic carbocycles. The summed E-state index contributed by atoms with van der Waals surface area (Å²) >= 11 is 0. The lowest BCUT2D eigenvalue weighted by Crippen LogP contribution is -2.04. The molecule has 1 aromatic carbocycles. The Morgan fingerprint density at radius 3 is 3.00 bits per heavy atom. The lowest BCUT2D eigenvalue weighted by atomic mass is 9.84. The van der Waals surface area contributed by atoms with Crippen LogP contribution in [0.15, 0.2) is 47.6 Å². The predicted molar refractivity (Wildman–Crippen MR) is 67.8 cm³/mol. The summed E-state index contributed by atoms with van der Waals surface area (Å²) in [6.45, 7) is 0. The number of fused-ring (bicyclic) bond motifs is 5. The maximum atomic E-state index is 2.41. The van der Waals surface area contributed by atoms with Gasteiger partial charge >= 0.3 is 0 Å². The Morgan fingerprint density at radius 2 is 2.00 bits per heavy atom. The molecule has 0 amide bonds. The molecule has 1 unspecified atom stereocenters. The molecule has 1 aromatic rings. The summed E-state index contributed by atoms with van der Waals surface area (Å²) in [5, 5.41) is 0. The summed E-state index contributed by atoms with van der Waals surface area (Å²) in [6.07, 6.45) is 11.1. The normalized spacial score (nSPS) is 25.2. The van der Waals surface area contributed by atoms with Gasteiger partial charge in [-0.1, -0.05) is 42.0 Å². The second-order valence-electron chi connectivity index (χ2n) is 4.95. The Hall–Kier alpha value is -1.56. The lowest BCUT2D eigenvalue weighted by Gasteiger charge is -2.20. The molecule has 0 aromatic heterocycles. The predicted octanol–water partition coefficient (Wildman–Crippen LogP) is 4.21. The van der Waals surface area contributed by atoms with Gasteiger partial charge in [0.05, 0.1) is 0 Å². The third kappa shape index (κ3) is 0.996. The van der Waals surface area contributed by atoms with Crippen molar-refractivity contribution in [2.75, 3.05) is 0 Å². The standard InChI is InChI=1S/C16H14/c1-2-6-14-12(4-1)10-16-13-7-3-5-11(13)8-9-15(14)16/h1-2,4,6,8-10,13H,3,5,7H2. The van der Waals surface area contributed by atoms with Crippen LogP contribution in [0.1, 0.15) is 30.4 Å². The zero-order valence-electron chi connectivity index (χ0n) is 9.24. The molecule has 0 saturated heterocycles. The molecule has 0 heterocycles. The Balaban J connectivity index is 1.93. The highest BCUT2D eigenvalue weighted by Gasteiger charge is 2.32. The van der Waals surface area contributed by atoms with Crippen molar-refractivity contribution < 1.29 is 0 Å². The molecule has 3 aliphatic rings. The van der Waals surface area contributed by atoms with Crippen LogP contribution in [0.4, 0.5) is 0 Å². The molecular formula is C16H14. The van der Waals surface area contributed by atoms with Gasteiger partial charge in [-0.2, -0.15) is 0 Å². The first-order valence-corrected chi connectivity index (χ1v) is 6.15. The zero-order chi connectivity index (χ0) is 10.5. The number of benzene rings is 1. The van der Waals surface area contributed by atoms with E-state index in [1.165, 1.54) is 36.0 Å². The SMILES string of the molecule is C1=C2C(=Cc3ccccc32)C2CCCC2=C1. The summed E-state index contributed by atoms with van der Waals surface area (Å²) in [6, 6.07) is 8.76. The Bertz CT molecular complexity index is 555. The van der Waals surface area contributed by atoms with Crippen molar-refractivity contribution in [3.8, 4) is 0 Å². The maximum Gasteiger partial charge on any atom is 0.00577 e. The van der Waals surface area contributed by atoms with Crippen LogP contribution in [0.3, 0.4) is 0 Å². The van der Waals surface area contributed by atoms with Crippen LogP contribution >= 0.6 is 0 Å². The van der Waals surface area contributed by atoms with Crippen LogP contribution in [0, 0.1) is 5.92 Å². The molecule has 0 aliphatic heterocycles. The highest BCUT2D eigenvalue weighted by Crippen LogP contribution is 2.49. The van der Waals surface area contributed by atoms with E-state index in [4.69, 9.17) is 0 Å². The minimum absolute atomic E-state index is 0.729. The first-order valence-electron chi connectivity index (χ1n) is 6.15. The molecule has 78 valence electrons. The molecule has 1 atom stereocenters. The van der Waals surface area contributed by atoms with Crippen LogP contribution in [0.2, 0.25) is 0 Å². The monoisotopic (exact) mass is 206 g/mol. The van der Waals surface area contributed by atoms with E-state index in [0.717, 1.165) is 5.92 Å². The van der Waals surface area contributed by atoms with Crippen molar-refractivity contribution in [3.63, 3.8) is 0 Å². The van der Waals surface area contributed by atoms with E-state index in [0.29, 0.717) is 0 Å². The lowest BCUT2D eigenvalue weighted by molar-refractivity contribution is 0.745. The van der Waals surface area contributed by atoms with Crippen LogP contribution in [0.5, 0.6) is 0 Å². The van der Waals surface area contributed by atoms with Gasteiger partial charge in [-0.25, -0.2) is 0 Å². The molecular weight excluding hydrogens is 192 g/mol. The van der Waals surface area contributed by atoms with Crippen LogP contribution in [0.25, 0.3) is 11.6 Å². The minimum atomic E-state index is 0.729. The summed E-state index contributed by atoms with van der Waals surface area (Å²) < 4.78 is 0. The van der Waals surface area contributed by atoms with E-state index in [9.17, 15) is 0 Å². The highest BCUT2D eigenvalue weighted by molar-refractivity contribution is 5.97. The largest absolute Gasteiger partial charge is 0.0627 e. The van der Waals surface area contributed by atoms with Gasteiger partial charge in [0.15, 0.2) is 0 Å². The van der Waals surface area contributed by atoms with Gasteiger partial charge in [0.1, 0.15) is 0 Å². The van der Waals surface area contributed by atoms with Gasteiger partial charge < -0.3 is 0 Å². The molecule has 4 rings (SSSR count). The van der Waals surface area contributed by atoms with E-state index in [-0.39, 0.29) is 0 Å². The average Bonchev–Trinajstić information content (AvgIpc) is 2.92. The summed E-state index contributed by atoms with van der Waals surface area (Å²) in [7, 11) is 0. The number of allylic oxidation sites excluding steroid dienone is 5. The van der Waals surface area contributed by atoms with Crippen LogP contribution in [-0.2, 0) is 0 Å². The quantitative estimate of drug-likeness (QED) is 0.596. The van der Waals surface area contributed by atoms with Crippen molar-refractivity contribution in [2.45, 2.75) is 19.3 Å². The van der Waals surface area contributed by atoms with Gasteiger partial charge in [0.25, 0.3) is 0 Å². The topological polar surface area (TPSA) is 0 Å². The van der Waals surface area contributed by atoms with Gasteiger partial charge in [0.2, 0.25) is 0 Å². The highest BCUT2D eigenvalue weighted by atomic mass is 14.4. The third-order valence-corrected chi connectivity index (χ3v) is 4.12. The molecule has 0 nitrogen and oxygen atoms in total. The van der Waals surface area contributed by atoms with Crippen molar-refractivity contribution >= 4 is 11.6 Å². The van der Waals surface area contributed by atoms with Crippen molar-refractivity contribution in [2.24, 2.45) is 5.92 Å². The molecule has 0 spiro atoms. The van der Waals surface area contributed by atoms with E-state index in [2.05, 4.69) is 42.5 Å². The fourth-order valence-electron chi connectivity index (χ4n) is 3.36. The second-order valence-corrected chi connectivity index (χ2v) is 4.95. The number of hydrogen-bond donors (Lipinski definition) is 0. The fraction of sp³-hybridized carbons (Fsp3) is 0.250. The van der Waals surface area contributed by atoms with Gasteiger partial charge in [-0.15, -0.1) is 0 Å². The van der Waals surface area contributed by atoms with Gasteiger partial charge in [-0.05, 0) is 47.6 Å².